The van der Waals surface area contributed by atoms with Crippen molar-refractivity contribution in [3.63, 3.8) is 0 Å². The van der Waals surface area contributed by atoms with Crippen LogP contribution < -0.4 is 5.06 Å². The number of anilines is 1. The maximum atomic E-state index is 9.57. The van der Waals surface area contributed by atoms with Crippen LogP contribution in [0.4, 0.5) is 5.69 Å². The quantitative estimate of drug-likeness (QED) is 0.682. The van der Waals surface area contributed by atoms with E-state index >= 15 is 0 Å². The van der Waals surface area contributed by atoms with Gasteiger partial charge in [0, 0.05) is 6.54 Å². The van der Waals surface area contributed by atoms with Gasteiger partial charge in [0.15, 0.2) is 0 Å². The summed E-state index contributed by atoms with van der Waals surface area (Å²) in [5.74, 6) is 0. The van der Waals surface area contributed by atoms with Crippen LogP contribution >= 0.6 is 0 Å². The van der Waals surface area contributed by atoms with Crippen molar-refractivity contribution in [2.45, 2.75) is 6.42 Å². The summed E-state index contributed by atoms with van der Waals surface area (Å²) in [6.07, 6.45) is 0.938. The lowest BCUT2D eigenvalue weighted by Crippen LogP contribution is -2.13. The van der Waals surface area contributed by atoms with Crippen LogP contribution in [0.25, 0.3) is 10.8 Å². The summed E-state index contributed by atoms with van der Waals surface area (Å²) in [5.41, 5.74) is 2.23. The summed E-state index contributed by atoms with van der Waals surface area (Å²) in [4.78, 5) is 0. The minimum Gasteiger partial charge on any atom is -0.288 e. The van der Waals surface area contributed by atoms with Crippen molar-refractivity contribution < 1.29 is 5.21 Å². The standard InChI is InChI=1S/C12H11NO/c14-13-8-7-11-10-4-2-1-3-9(10)5-6-12(11)13/h1-6,14H,7-8H2. The van der Waals surface area contributed by atoms with Crippen molar-refractivity contribution >= 4 is 16.5 Å². The van der Waals surface area contributed by atoms with Crippen LogP contribution in [0.5, 0.6) is 0 Å². The predicted octanol–water partition coefficient (Wildman–Crippen LogP) is 2.59. The largest absolute Gasteiger partial charge is 0.288 e. The van der Waals surface area contributed by atoms with Gasteiger partial charge in [-0.05, 0) is 28.8 Å². The van der Waals surface area contributed by atoms with Gasteiger partial charge in [-0.3, -0.25) is 10.3 Å². The summed E-state index contributed by atoms with van der Waals surface area (Å²) in [6, 6.07) is 12.4. The molecule has 0 atom stereocenters. The zero-order valence-electron chi connectivity index (χ0n) is 7.77. The topological polar surface area (TPSA) is 23.5 Å². The second-order valence-corrected chi connectivity index (χ2v) is 3.66. The average molecular weight is 185 g/mol. The van der Waals surface area contributed by atoms with Gasteiger partial charge in [-0.15, -0.1) is 0 Å². The highest BCUT2D eigenvalue weighted by molar-refractivity contribution is 5.91. The highest BCUT2D eigenvalue weighted by Crippen LogP contribution is 2.32. The van der Waals surface area contributed by atoms with Crippen LogP contribution in [0.15, 0.2) is 36.4 Å². The Hall–Kier alpha value is -1.54. The molecule has 1 heterocycles. The van der Waals surface area contributed by atoms with E-state index in [9.17, 15) is 5.21 Å². The molecule has 0 bridgehead atoms. The Kier molecular flexibility index (Phi) is 1.52. The fraction of sp³-hybridized carbons (Fsp3) is 0.167. The molecule has 0 radical (unpaired) electrons. The van der Waals surface area contributed by atoms with Crippen molar-refractivity contribution in [3.05, 3.63) is 42.0 Å². The molecule has 3 rings (SSSR count). The number of nitrogens with zero attached hydrogens (tertiary/aromatic N) is 1. The van der Waals surface area contributed by atoms with E-state index in [-0.39, 0.29) is 0 Å². The number of hydrogen-bond acceptors (Lipinski definition) is 2. The molecule has 1 aliphatic heterocycles. The monoisotopic (exact) mass is 185 g/mol. The van der Waals surface area contributed by atoms with Crippen molar-refractivity contribution in [2.24, 2.45) is 0 Å². The van der Waals surface area contributed by atoms with Crippen LogP contribution in [0, 0.1) is 0 Å². The normalized spacial score (nSPS) is 14.8. The maximum absolute atomic E-state index is 9.57. The summed E-state index contributed by atoms with van der Waals surface area (Å²) in [7, 11) is 0. The Labute approximate surface area is 82.3 Å². The molecule has 2 aromatic rings. The molecule has 0 amide bonds. The molecule has 2 nitrogen and oxygen atoms in total. The Morgan fingerprint density at radius 1 is 1.07 bits per heavy atom. The average Bonchev–Trinajstić information content (AvgIpc) is 2.61. The van der Waals surface area contributed by atoms with Gasteiger partial charge in [0.1, 0.15) is 0 Å². The van der Waals surface area contributed by atoms with E-state index in [2.05, 4.69) is 18.2 Å². The number of rotatable bonds is 0. The van der Waals surface area contributed by atoms with Gasteiger partial charge in [0.05, 0.1) is 5.69 Å². The molecule has 14 heavy (non-hydrogen) atoms. The Morgan fingerprint density at radius 2 is 1.93 bits per heavy atom. The van der Waals surface area contributed by atoms with E-state index in [1.54, 1.807) is 0 Å². The third-order valence-corrected chi connectivity index (χ3v) is 2.87. The number of hydroxylamine groups is 1. The highest BCUT2D eigenvalue weighted by Gasteiger charge is 2.18. The number of fused-ring (bicyclic) bond motifs is 3. The van der Waals surface area contributed by atoms with Crippen molar-refractivity contribution in [1.82, 2.24) is 0 Å². The van der Waals surface area contributed by atoms with Crippen molar-refractivity contribution in [1.29, 1.82) is 0 Å². The third kappa shape index (κ3) is 0.946. The van der Waals surface area contributed by atoms with Crippen molar-refractivity contribution in [3.8, 4) is 0 Å². The molecule has 0 aromatic heterocycles. The molecule has 2 aromatic carbocycles. The highest BCUT2D eigenvalue weighted by atomic mass is 16.5. The summed E-state index contributed by atoms with van der Waals surface area (Å²) in [5, 5.41) is 13.4. The van der Waals surface area contributed by atoms with E-state index < -0.39 is 0 Å². The van der Waals surface area contributed by atoms with Gasteiger partial charge in [-0.2, -0.15) is 0 Å². The van der Waals surface area contributed by atoms with Crippen LogP contribution in [0.2, 0.25) is 0 Å². The molecular weight excluding hydrogens is 174 g/mol. The van der Waals surface area contributed by atoms with Gasteiger partial charge in [-0.25, -0.2) is 0 Å². The fourth-order valence-corrected chi connectivity index (χ4v) is 2.17. The molecule has 0 spiro atoms. The van der Waals surface area contributed by atoms with Gasteiger partial charge in [0.2, 0.25) is 0 Å². The van der Waals surface area contributed by atoms with E-state index in [4.69, 9.17) is 0 Å². The SMILES string of the molecule is ON1CCc2c1ccc1ccccc21. The summed E-state index contributed by atoms with van der Waals surface area (Å²) in [6.45, 7) is 0.712. The third-order valence-electron chi connectivity index (χ3n) is 2.87. The Morgan fingerprint density at radius 3 is 2.86 bits per heavy atom. The first-order valence-electron chi connectivity index (χ1n) is 4.83. The molecule has 0 saturated heterocycles. The zero-order chi connectivity index (χ0) is 9.54. The first-order valence-corrected chi connectivity index (χ1v) is 4.83. The van der Waals surface area contributed by atoms with Gasteiger partial charge >= 0.3 is 0 Å². The van der Waals surface area contributed by atoms with Crippen LogP contribution in [-0.2, 0) is 6.42 Å². The molecule has 0 fully saturated rings. The lowest BCUT2D eigenvalue weighted by atomic mass is 10.0. The molecule has 2 heteroatoms. The van der Waals surface area contributed by atoms with E-state index in [1.165, 1.54) is 21.4 Å². The summed E-state index contributed by atoms with van der Waals surface area (Å²) < 4.78 is 0. The molecule has 0 aliphatic carbocycles. The van der Waals surface area contributed by atoms with Gasteiger partial charge < -0.3 is 0 Å². The molecule has 0 unspecified atom stereocenters. The maximum Gasteiger partial charge on any atom is 0.0673 e. The van der Waals surface area contributed by atoms with Gasteiger partial charge in [-0.1, -0.05) is 30.3 Å². The Balaban J connectivity index is 2.38. The molecule has 1 aliphatic rings. The zero-order valence-corrected chi connectivity index (χ0v) is 7.77. The first-order chi connectivity index (χ1) is 6.86. The van der Waals surface area contributed by atoms with E-state index in [0.29, 0.717) is 6.54 Å². The van der Waals surface area contributed by atoms with Gasteiger partial charge in [0.25, 0.3) is 0 Å². The second kappa shape index (κ2) is 2.72. The smallest absolute Gasteiger partial charge is 0.0673 e. The Bertz CT molecular complexity index is 493. The molecule has 70 valence electrons. The van der Waals surface area contributed by atoms with Crippen LogP contribution in [-0.4, -0.2) is 11.8 Å². The van der Waals surface area contributed by atoms with E-state index in [0.717, 1.165) is 12.1 Å². The lowest BCUT2D eigenvalue weighted by Gasteiger charge is -2.10. The van der Waals surface area contributed by atoms with Crippen LogP contribution in [0.1, 0.15) is 5.56 Å². The molecule has 1 N–H and O–H groups in total. The second-order valence-electron chi connectivity index (χ2n) is 3.66. The van der Waals surface area contributed by atoms with E-state index in [1.807, 2.05) is 18.2 Å². The van der Waals surface area contributed by atoms with Crippen molar-refractivity contribution in [2.75, 3.05) is 11.6 Å². The minimum absolute atomic E-state index is 0.712. The molecular formula is C12H11NO. The number of benzene rings is 2. The number of hydrogen-bond donors (Lipinski definition) is 1. The lowest BCUT2D eigenvalue weighted by molar-refractivity contribution is 0.264. The molecule has 0 saturated carbocycles. The fourth-order valence-electron chi connectivity index (χ4n) is 2.17. The first kappa shape index (κ1) is 7.83. The van der Waals surface area contributed by atoms with Crippen LogP contribution in [0.3, 0.4) is 0 Å². The predicted molar refractivity (Wildman–Crippen MR) is 56.8 cm³/mol. The minimum atomic E-state index is 0.712. The summed E-state index contributed by atoms with van der Waals surface area (Å²) >= 11 is 0.